The van der Waals surface area contributed by atoms with Gasteiger partial charge in [-0.1, -0.05) is 73.4 Å². The Bertz CT molecular complexity index is 908. The Morgan fingerprint density at radius 2 is 1.81 bits per heavy atom. The van der Waals surface area contributed by atoms with E-state index in [1.807, 2.05) is 25.1 Å². The minimum absolute atomic E-state index is 0.0113. The fraction of sp³-hybridized carbons (Fsp3) is 0.481. The summed E-state index contributed by atoms with van der Waals surface area (Å²) in [5.41, 5.74) is 4.67. The van der Waals surface area contributed by atoms with Gasteiger partial charge in [0, 0.05) is 18.3 Å². The van der Waals surface area contributed by atoms with E-state index in [0.717, 1.165) is 29.7 Å². The van der Waals surface area contributed by atoms with Crippen LogP contribution in [-0.4, -0.2) is 34.6 Å². The number of rotatable bonds is 9. The second kappa shape index (κ2) is 12.1. The summed E-state index contributed by atoms with van der Waals surface area (Å²) in [5.74, 6) is 1.12. The van der Waals surface area contributed by atoms with E-state index < -0.39 is 6.04 Å². The van der Waals surface area contributed by atoms with Crippen molar-refractivity contribution in [1.29, 1.82) is 0 Å². The van der Waals surface area contributed by atoms with Gasteiger partial charge in [0.15, 0.2) is 0 Å². The van der Waals surface area contributed by atoms with Crippen LogP contribution < -0.4 is 5.32 Å². The van der Waals surface area contributed by atoms with E-state index in [0.29, 0.717) is 12.3 Å². The van der Waals surface area contributed by atoms with Gasteiger partial charge in [-0.05, 0) is 50.3 Å². The molecule has 0 spiro atoms. The summed E-state index contributed by atoms with van der Waals surface area (Å²) in [6, 6.07) is 16.2. The van der Waals surface area contributed by atoms with E-state index in [1.165, 1.54) is 30.4 Å². The maximum Gasteiger partial charge on any atom is 0.242 e. The number of carbonyl (C=O) groups excluding carboxylic acids is 2. The number of nitrogens with one attached hydrogen (secondary N) is 1. The summed E-state index contributed by atoms with van der Waals surface area (Å²) in [6.45, 7) is 6.45. The molecule has 32 heavy (non-hydrogen) atoms. The third-order valence-electron chi connectivity index (χ3n) is 6.30. The number of nitrogens with zero attached hydrogens (tertiary/aromatic N) is 1. The molecule has 1 atom stereocenters. The number of hydrogen-bond donors (Lipinski definition) is 1. The third-order valence-corrected chi connectivity index (χ3v) is 7.29. The van der Waals surface area contributed by atoms with Crippen molar-refractivity contribution in [3.8, 4) is 0 Å². The summed E-state index contributed by atoms with van der Waals surface area (Å²) in [6.07, 6.45) is 5.66. The number of thioether (sulfide) groups is 1. The predicted octanol–water partition coefficient (Wildman–Crippen LogP) is 5.40. The van der Waals surface area contributed by atoms with Crippen LogP contribution in [0.1, 0.15) is 61.3 Å². The lowest BCUT2D eigenvalue weighted by Gasteiger charge is -2.31. The van der Waals surface area contributed by atoms with E-state index in [4.69, 9.17) is 0 Å². The average Bonchev–Trinajstić information content (AvgIpc) is 2.78. The van der Waals surface area contributed by atoms with Gasteiger partial charge in [0.2, 0.25) is 11.8 Å². The minimum atomic E-state index is -0.497. The van der Waals surface area contributed by atoms with Crippen LogP contribution in [0.25, 0.3) is 0 Å². The van der Waals surface area contributed by atoms with Crippen molar-refractivity contribution >= 4 is 23.6 Å². The van der Waals surface area contributed by atoms with Crippen molar-refractivity contribution < 1.29 is 9.59 Å². The van der Waals surface area contributed by atoms with Crippen LogP contribution in [-0.2, 0) is 21.9 Å². The van der Waals surface area contributed by atoms with Gasteiger partial charge in [-0.25, -0.2) is 0 Å². The molecule has 2 amide bonds. The molecule has 1 fully saturated rings. The van der Waals surface area contributed by atoms with Crippen LogP contribution in [0.3, 0.4) is 0 Å². The molecule has 2 aromatic rings. The van der Waals surface area contributed by atoms with Gasteiger partial charge in [0.25, 0.3) is 0 Å². The number of hydrogen-bond acceptors (Lipinski definition) is 3. The Morgan fingerprint density at radius 1 is 1.06 bits per heavy atom. The highest BCUT2D eigenvalue weighted by molar-refractivity contribution is 7.99. The maximum atomic E-state index is 13.3. The maximum absolute atomic E-state index is 13.3. The van der Waals surface area contributed by atoms with Crippen LogP contribution in [0.15, 0.2) is 48.5 Å². The second-order valence-corrected chi connectivity index (χ2v) is 9.94. The zero-order valence-corrected chi connectivity index (χ0v) is 20.4. The zero-order chi connectivity index (χ0) is 22.9. The quantitative estimate of drug-likeness (QED) is 0.554. The average molecular weight is 453 g/mol. The van der Waals surface area contributed by atoms with Gasteiger partial charge in [-0.15, -0.1) is 11.8 Å². The summed E-state index contributed by atoms with van der Waals surface area (Å²) in [7, 11) is 0. The lowest BCUT2D eigenvalue weighted by molar-refractivity contribution is -0.139. The first-order valence-electron chi connectivity index (χ1n) is 11.7. The van der Waals surface area contributed by atoms with Crippen LogP contribution in [0, 0.1) is 13.8 Å². The monoisotopic (exact) mass is 452 g/mol. The fourth-order valence-corrected chi connectivity index (χ4v) is 5.12. The molecule has 1 aliphatic carbocycles. The zero-order valence-electron chi connectivity index (χ0n) is 19.6. The van der Waals surface area contributed by atoms with Gasteiger partial charge in [-0.2, -0.15) is 0 Å². The molecule has 3 rings (SSSR count). The number of aryl methyl sites for hydroxylation is 2. The van der Waals surface area contributed by atoms with Gasteiger partial charge < -0.3 is 10.2 Å². The normalized spacial score (nSPS) is 15.2. The highest BCUT2D eigenvalue weighted by Crippen LogP contribution is 2.20. The second-order valence-electron chi connectivity index (χ2n) is 8.95. The minimum Gasteiger partial charge on any atom is -0.352 e. The van der Waals surface area contributed by atoms with Crippen LogP contribution in [0.5, 0.6) is 0 Å². The first-order valence-corrected chi connectivity index (χ1v) is 12.9. The molecule has 0 bridgehead atoms. The largest absolute Gasteiger partial charge is 0.352 e. The molecule has 0 unspecified atom stereocenters. The smallest absolute Gasteiger partial charge is 0.242 e. The molecule has 1 aliphatic rings. The predicted molar refractivity (Wildman–Crippen MR) is 134 cm³/mol. The van der Waals surface area contributed by atoms with E-state index in [9.17, 15) is 9.59 Å². The molecule has 4 nitrogen and oxygen atoms in total. The molecule has 5 heteroatoms. The molecule has 0 aromatic heterocycles. The van der Waals surface area contributed by atoms with Gasteiger partial charge in [0.05, 0.1) is 5.75 Å². The Morgan fingerprint density at radius 3 is 2.53 bits per heavy atom. The molecule has 0 saturated heterocycles. The Labute approximate surface area is 197 Å². The number of carbonyl (C=O) groups is 2. The summed E-state index contributed by atoms with van der Waals surface area (Å²) >= 11 is 1.61. The molecule has 0 aliphatic heterocycles. The lowest BCUT2D eigenvalue weighted by atomic mass is 9.95. The van der Waals surface area contributed by atoms with Crippen molar-refractivity contribution in [3.05, 3.63) is 70.8 Å². The van der Waals surface area contributed by atoms with Crippen LogP contribution in [0.2, 0.25) is 0 Å². The van der Waals surface area contributed by atoms with Gasteiger partial charge in [-0.3, -0.25) is 9.59 Å². The fourth-order valence-electron chi connectivity index (χ4n) is 4.26. The summed E-state index contributed by atoms with van der Waals surface area (Å²) in [4.78, 5) is 28.1. The van der Waals surface area contributed by atoms with Gasteiger partial charge >= 0.3 is 0 Å². The van der Waals surface area contributed by atoms with Gasteiger partial charge in [0.1, 0.15) is 6.04 Å². The lowest BCUT2D eigenvalue weighted by Crippen LogP contribution is -2.50. The highest BCUT2D eigenvalue weighted by Gasteiger charge is 2.28. The molecular formula is C27H36N2O2S. The Kier molecular flexibility index (Phi) is 9.22. The van der Waals surface area contributed by atoms with Crippen molar-refractivity contribution in [2.24, 2.45) is 0 Å². The molecular weight excluding hydrogens is 416 g/mol. The summed E-state index contributed by atoms with van der Waals surface area (Å²) in [5, 5.41) is 3.20. The first kappa shape index (κ1) is 24.4. The van der Waals surface area contributed by atoms with Crippen LogP contribution >= 0.6 is 11.8 Å². The van der Waals surface area contributed by atoms with Crippen molar-refractivity contribution in [2.45, 2.75) is 77.3 Å². The standard InChI is InChI=1S/C27H36N2O2S/c1-20-10-9-12-23(16-20)18-32-19-26(30)29(17-24-13-8-7-11-21(24)2)22(3)27(31)28-25-14-5-4-6-15-25/h7-13,16,22,25H,4-6,14-15,17-19H2,1-3H3,(H,28,31)/t22-/m0/s1. The first-order chi connectivity index (χ1) is 15.4. The summed E-state index contributed by atoms with van der Waals surface area (Å²) < 4.78 is 0. The van der Waals surface area contributed by atoms with E-state index >= 15 is 0 Å². The molecule has 1 saturated carbocycles. The Balaban J connectivity index is 1.66. The molecule has 2 aromatic carbocycles. The number of benzene rings is 2. The van der Waals surface area contributed by atoms with Crippen LogP contribution in [0.4, 0.5) is 0 Å². The molecule has 172 valence electrons. The molecule has 0 heterocycles. The topological polar surface area (TPSA) is 49.4 Å². The van der Waals surface area contributed by atoms with Crippen molar-refractivity contribution in [3.63, 3.8) is 0 Å². The molecule has 0 radical (unpaired) electrons. The van der Waals surface area contributed by atoms with Crippen molar-refractivity contribution in [1.82, 2.24) is 10.2 Å². The highest BCUT2D eigenvalue weighted by atomic mass is 32.2. The molecule has 1 N–H and O–H groups in total. The van der Waals surface area contributed by atoms with E-state index in [1.54, 1.807) is 16.7 Å². The SMILES string of the molecule is Cc1cccc(CSCC(=O)N(Cc2ccccc2C)[C@@H](C)C(=O)NC2CCCCC2)c1. The third kappa shape index (κ3) is 7.13. The Hall–Kier alpha value is -2.27. The number of amides is 2. The van der Waals surface area contributed by atoms with E-state index in [2.05, 4.69) is 49.5 Å². The van der Waals surface area contributed by atoms with E-state index in [-0.39, 0.29) is 17.9 Å². The van der Waals surface area contributed by atoms with Crippen molar-refractivity contribution in [2.75, 3.05) is 5.75 Å².